The van der Waals surface area contributed by atoms with Crippen LogP contribution >= 0.6 is 0 Å². The fourth-order valence-corrected chi connectivity index (χ4v) is 1.37. The summed E-state index contributed by atoms with van der Waals surface area (Å²) in [6, 6.07) is 5.86. The van der Waals surface area contributed by atoms with E-state index in [9.17, 15) is 14.9 Å². The maximum absolute atomic E-state index is 11.1. The number of carbonyl (C=O) groups excluding carboxylic acids is 1. The van der Waals surface area contributed by atoms with Crippen LogP contribution < -0.4 is 15.4 Å². The van der Waals surface area contributed by atoms with E-state index >= 15 is 0 Å². The summed E-state index contributed by atoms with van der Waals surface area (Å²) in [5.74, 6) is 0.503. The van der Waals surface area contributed by atoms with Gasteiger partial charge in [-0.15, -0.1) is 0 Å². The van der Waals surface area contributed by atoms with Crippen molar-refractivity contribution >= 4 is 11.6 Å². The van der Waals surface area contributed by atoms with Gasteiger partial charge in [0.15, 0.2) is 0 Å². The smallest absolute Gasteiger partial charge is 0.269 e. The zero-order valence-corrected chi connectivity index (χ0v) is 10.7. The second kappa shape index (κ2) is 8.04. The summed E-state index contributed by atoms with van der Waals surface area (Å²) < 4.78 is 5.37. The summed E-state index contributed by atoms with van der Waals surface area (Å²) in [6.45, 7) is 3.62. The fourth-order valence-electron chi connectivity index (χ4n) is 1.37. The van der Waals surface area contributed by atoms with E-state index in [1.54, 1.807) is 12.1 Å². The molecule has 0 unspecified atom stereocenters. The van der Waals surface area contributed by atoms with Gasteiger partial charge in [-0.05, 0) is 19.1 Å². The Balaban J connectivity index is 2.19. The molecule has 0 aliphatic carbocycles. The number of nitro benzene ring substituents is 1. The molecule has 2 N–H and O–H groups in total. The number of non-ortho nitro benzene ring substituents is 1. The van der Waals surface area contributed by atoms with E-state index in [2.05, 4.69) is 10.6 Å². The number of nitrogens with one attached hydrogen (secondary N) is 2. The molecule has 7 heteroatoms. The summed E-state index contributed by atoms with van der Waals surface area (Å²) in [5.41, 5.74) is 0.0294. The third kappa shape index (κ3) is 5.82. The van der Waals surface area contributed by atoms with Gasteiger partial charge in [-0.3, -0.25) is 14.9 Å². The van der Waals surface area contributed by atoms with Crippen molar-refractivity contribution in [2.45, 2.75) is 6.92 Å². The van der Waals surface area contributed by atoms with E-state index in [-0.39, 0.29) is 18.1 Å². The van der Waals surface area contributed by atoms with Crippen LogP contribution in [0.5, 0.6) is 5.75 Å². The molecule has 0 aromatic heterocycles. The van der Waals surface area contributed by atoms with Crippen LogP contribution in [-0.4, -0.2) is 37.1 Å². The van der Waals surface area contributed by atoms with Crippen molar-refractivity contribution in [3.05, 3.63) is 34.4 Å². The first kappa shape index (κ1) is 14.9. The van der Waals surface area contributed by atoms with Crippen molar-refractivity contribution in [1.82, 2.24) is 10.6 Å². The van der Waals surface area contributed by atoms with E-state index < -0.39 is 4.92 Å². The van der Waals surface area contributed by atoms with Crippen LogP contribution in [0.1, 0.15) is 6.92 Å². The van der Waals surface area contributed by atoms with Crippen molar-refractivity contribution in [3.63, 3.8) is 0 Å². The van der Waals surface area contributed by atoms with Gasteiger partial charge in [0.1, 0.15) is 12.4 Å². The molecule has 0 radical (unpaired) electrons. The number of rotatable bonds is 8. The van der Waals surface area contributed by atoms with Crippen LogP contribution in [0.2, 0.25) is 0 Å². The number of ether oxygens (including phenoxy) is 1. The molecule has 0 spiro atoms. The lowest BCUT2D eigenvalue weighted by Crippen LogP contribution is -2.35. The number of hydrogen-bond donors (Lipinski definition) is 2. The molecular weight excluding hydrogens is 250 g/mol. The Labute approximate surface area is 111 Å². The highest BCUT2D eigenvalue weighted by Gasteiger charge is 2.04. The van der Waals surface area contributed by atoms with E-state index in [1.807, 2.05) is 6.92 Å². The average Bonchev–Trinajstić information content (AvgIpc) is 2.39. The minimum absolute atomic E-state index is 0.0294. The largest absolute Gasteiger partial charge is 0.492 e. The van der Waals surface area contributed by atoms with Crippen LogP contribution in [0.4, 0.5) is 5.69 Å². The Morgan fingerprint density at radius 3 is 2.63 bits per heavy atom. The number of nitrogens with zero attached hydrogens (tertiary/aromatic N) is 1. The van der Waals surface area contributed by atoms with Crippen molar-refractivity contribution in [2.24, 2.45) is 0 Å². The molecule has 0 heterocycles. The molecule has 0 bridgehead atoms. The van der Waals surface area contributed by atoms with E-state index in [4.69, 9.17) is 4.74 Å². The van der Waals surface area contributed by atoms with E-state index in [1.165, 1.54) is 12.1 Å². The highest BCUT2D eigenvalue weighted by atomic mass is 16.6. The molecule has 0 fully saturated rings. The lowest BCUT2D eigenvalue weighted by atomic mass is 10.3. The highest BCUT2D eigenvalue weighted by molar-refractivity contribution is 5.77. The minimum Gasteiger partial charge on any atom is -0.492 e. The minimum atomic E-state index is -0.461. The lowest BCUT2D eigenvalue weighted by molar-refractivity contribution is -0.384. The molecule has 0 atom stereocenters. The van der Waals surface area contributed by atoms with Crippen molar-refractivity contribution < 1.29 is 14.5 Å². The molecule has 7 nitrogen and oxygen atoms in total. The Hall–Kier alpha value is -2.15. The van der Waals surface area contributed by atoms with E-state index in [0.717, 1.165) is 0 Å². The zero-order chi connectivity index (χ0) is 14.1. The lowest BCUT2D eigenvalue weighted by Gasteiger charge is -2.07. The van der Waals surface area contributed by atoms with Gasteiger partial charge < -0.3 is 15.4 Å². The second-order valence-corrected chi connectivity index (χ2v) is 3.73. The number of likely N-dealkylation sites (N-methyl/N-ethyl adjacent to an activating group) is 1. The monoisotopic (exact) mass is 267 g/mol. The zero-order valence-electron chi connectivity index (χ0n) is 10.7. The SMILES string of the molecule is CCNC(=O)CNCCOc1ccc([N+](=O)[O-])cc1. The maximum atomic E-state index is 11.1. The van der Waals surface area contributed by atoms with Crippen LogP contribution in [0.15, 0.2) is 24.3 Å². The number of carbonyl (C=O) groups is 1. The summed E-state index contributed by atoms with van der Waals surface area (Å²) >= 11 is 0. The van der Waals surface area contributed by atoms with Crippen LogP contribution in [0.25, 0.3) is 0 Å². The third-order valence-corrected chi connectivity index (χ3v) is 2.25. The Bertz CT molecular complexity index is 419. The van der Waals surface area contributed by atoms with Gasteiger partial charge in [-0.1, -0.05) is 0 Å². The molecule has 0 aliphatic rings. The second-order valence-electron chi connectivity index (χ2n) is 3.73. The van der Waals surface area contributed by atoms with Gasteiger partial charge in [-0.25, -0.2) is 0 Å². The number of hydrogen-bond acceptors (Lipinski definition) is 5. The van der Waals surface area contributed by atoms with Crippen LogP contribution in [0.3, 0.4) is 0 Å². The van der Waals surface area contributed by atoms with Gasteiger partial charge in [0.2, 0.25) is 5.91 Å². The summed E-state index contributed by atoms with van der Waals surface area (Å²) in [7, 11) is 0. The predicted molar refractivity (Wildman–Crippen MR) is 70.1 cm³/mol. The number of nitro groups is 1. The van der Waals surface area contributed by atoms with Crippen molar-refractivity contribution in [1.29, 1.82) is 0 Å². The predicted octanol–water partition coefficient (Wildman–Crippen LogP) is 0.699. The number of benzene rings is 1. The first-order valence-electron chi connectivity index (χ1n) is 5.98. The average molecular weight is 267 g/mol. The third-order valence-electron chi connectivity index (χ3n) is 2.25. The quantitative estimate of drug-likeness (QED) is 0.411. The van der Waals surface area contributed by atoms with Gasteiger partial charge >= 0.3 is 0 Å². The maximum Gasteiger partial charge on any atom is 0.269 e. The molecule has 19 heavy (non-hydrogen) atoms. The van der Waals surface area contributed by atoms with Gasteiger partial charge in [0, 0.05) is 25.2 Å². The molecular formula is C12H17N3O4. The van der Waals surface area contributed by atoms with Crippen molar-refractivity contribution in [3.8, 4) is 5.75 Å². The molecule has 0 saturated carbocycles. The Morgan fingerprint density at radius 2 is 2.05 bits per heavy atom. The summed E-state index contributed by atoms with van der Waals surface area (Å²) in [5, 5.41) is 16.0. The molecule has 1 rings (SSSR count). The fraction of sp³-hybridized carbons (Fsp3) is 0.417. The Kier molecular flexibility index (Phi) is 6.31. The summed E-state index contributed by atoms with van der Waals surface area (Å²) in [6.07, 6.45) is 0. The first-order chi connectivity index (χ1) is 9.13. The topological polar surface area (TPSA) is 93.5 Å². The standard InChI is InChI=1S/C12H17N3O4/c1-2-14-12(16)9-13-7-8-19-11-5-3-10(4-6-11)15(17)18/h3-6,13H,2,7-9H2,1H3,(H,14,16). The number of amides is 1. The van der Waals surface area contributed by atoms with Gasteiger partial charge in [0.25, 0.3) is 5.69 Å². The van der Waals surface area contributed by atoms with Crippen molar-refractivity contribution in [2.75, 3.05) is 26.2 Å². The summed E-state index contributed by atoms with van der Waals surface area (Å²) in [4.78, 5) is 21.1. The molecule has 1 aromatic carbocycles. The van der Waals surface area contributed by atoms with Gasteiger partial charge in [0.05, 0.1) is 11.5 Å². The van der Waals surface area contributed by atoms with Crippen LogP contribution in [0, 0.1) is 10.1 Å². The molecule has 1 aromatic rings. The molecule has 0 saturated heterocycles. The Morgan fingerprint density at radius 1 is 1.37 bits per heavy atom. The van der Waals surface area contributed by atoms with Crippen LogP contribution in [-0.2, 0) is 4.79 Å². The van der Waals surface area contributed by atoms with Gasteiger partial charge in [-0.2, -0.15) is 0 Å². The molecule has 0 aliphatic heterocycles. The van der Waals surface area contributed by atoms with E-state index in [0.29, 0.717) is 25.4 Å². The normalized spacial score (nSPS) is 9.95. The highest BCUT2D eigenvalue weighted by Crippen LogP contribution is 2.16. The first-order valence-corrected chi connectivity index (χ1v) is 5.98. The molecule has 1 amide bonds. The molecule has 104 valence electrons.